The molecule has 0 atom stereocenters. The van der Waals surface area contributed by atoms with Gasteiger partial charge in [0.2, 0.25) is 0 Å². The number of nitrogens with zero attached hydrogens (tertiary/aromatic N) is 8. The zero-order valence-electron chi connectivity index (χ0n) is 26.8. The van der Waals surface area contributed by atoms with Crippen molar-refractivity contribution < 1.29 is 19.0 Å². The van der Waals surface area contributed by atoms with Crippen LogP contribution < -0.4 is 20.3 Å². The minimum Gasteiger partial charge on any atom is -0.491 e. The molecule has 0 saturated carbocycles. The van der Waals surface area contributed by atoms with Crippen LogP contribution in [0.15, 0.2) is 53.6 Å². The third-order valence-electron chi connectivity index (χ3n) is 7.08. The van der Waals surface area contributed by atoms with Gasteiger partial charge >= 0.3 is 5.97 Å². The molecule has 49 heavy (non-hydrogen) atoms. The van der Waals surface area contributed by atoms with Gasteiger partial charge in [-0.1, -0.05) is 40.4 Å². The molecule has 0 radical (unpaired) electrons. The number of carboxylic acid groups (broad SMARTS) is 1. The van der Waals surface area contributed by atoms with E-state index in [4.69, 9.17) is 10.3 Å². The number of aromatic nitrogens is 4. The number of nitrogens with one attached hydrogen (secondary N) is 2. The minimum atomic E-state index is -1.15. The number of aryl methyl sites for hydroxylation is 2. The monoisotopic (exact) mass is 700 g/mol. The summed E-state index contributed by atoms with van der Waals surface area (Å²) in [5, 5.41) is 29.8. The number of azide groups is 1. The van der Waals surface area contributed by atoms with E-state index < -0.39 is 11.8 Å². The molecule has 252 valence electrons. The molecule has 0 bridgehead atoms. The van der Waals surface area contributed by atoms with Crippen LogP contribution in [0.4, 0.5) is 26.3 Å². The van der Waals surface area contributed by atoms with Crippen LogP contribution in [0.1, 0.15) is 45.8 Å². The van der Waals surface area contributed by atoms with E-state index in [-0.39, 0.29) is 18.1 Å². The van der Waals surface area contributed by atoms with E-state index in [0.717, 1.165) is 15.8 Å². The Labute approximate surface area is 289 Å². The van der Waals surface area contributed by atoms with E-state index in [0.29, 0.717) is 77.7 Å². The summed E-state index contributed by atoms with van der Waals surface area (Å²) in [4.78, 5) is 26.5. The number of carboxylic acids is 1. The second kappa shape index (κ2) is 17.2. The van der Waals surface area contributed by atoms with Crippen LogP contribution in [0, 0.1) is 24.6 Å². The van der Waals surface area contributed by atoms with Gasteiger partial charge in [0.1, 0.15) is 0 Å². The fourth-order valence-corrected chi connectivity index (χ4v) is 6.69. The van der Waals surface area contributed by atoms with Crippen molar-refractivity contribution >= 4 is 60.8 Å². The molecule has 5 aromatic rings. The number of aromatic carboxylic acids is 1. The van der Waals surface area contributed by atoms with Crippen LogP contribution in [-0.2, 0) is 6.42 Å². The molecule has 0 aliphatic rings. The van der Waals surface area contributed by atoms with Gasteiger partial charge in [0.05, 0.1) is 23.4 Å². The van der Waals surface area contributed by atoms with Crippen molar-refractivity contribution in [1.29, 1.82) is 0 Å². The molecule has 0 aliphatic carbocycles. The van der Waals surface area contributed by atoms with E-state index in [1.165, 1.54) is 34.8 Å². The number of anilines is 4. The number of thiazole rings is 2. The molecule has 5 rings (SSSR count). The Kier molecular flexibility index (Phi) is 12.3. The van der Waals surface area contributed by atoms with Crippen LogP contribution in [0.25, 0.3) is 20.7 Å². The first-order valence-corrected chi connectivity index (χ1v) is 17.0. The number of carbonyl (C=O) groups is 1. The van der Waals surface area contributed by atoms with Crippen LogP contribution >= 0.6 is 22.7 Å². The maximum Gasteiger partial charge on any atom is 0.355 e. The van der Waals surface area contributed by atoms with Crippen molar-refractivity contribution in [3.63, 3.8) is 0 Å². The van der Waals surface area contributed by atoms with Crippen molar-refractivity contribution in [2.75, 3.05) is 43.5 Å². The van der Waals surface area contributed by atoms with Crippen molar-refractivity contribution in [2.24, 2.45) is 5.11 Å². The van der Waals surface area contributed by atoms with Crippen molar-refractivity contribution in [3.05, 3.63) is 86.5 Å². The van der Waals surface area contributed by atoms with E-state index in [1.54, 1.807) is 13.1 Å². The number of hydrogen-bond donors (Lipinski definition) is 3. The van der Waals surface area contributed by atoms with Crippen LogP contribution in [0.5, 0.6) is 5.75 Å². The minimum absolute atomic E-state index is 0.0615. The fraction of sp³-hybridized carbons (Fsp3) is 0.303. The molecule has 2 aromatic carbocycles. The molecular formula is C33H33FN10O3S2. The van der Waals surface area contributed by atoms with E-state index in [9.17, 15) is 14.3 Å². The number of halogens is 1. The summed E-state index contributed by atoms with van der Waals surface area (Å²) in [5.41, 5.74) is 10.8. The average Bonchev–Trinajstić information content (AvgIpc) is 3.71. The van der Waals surface area contributed by atoms with E-state index in [1.807, 2.05) is 42.2 Å². The number of para-hydroxylation sites is 1. The highest BCUT2D eigenvalue weighted by atomic mass is 32.1. The standard InChI is InChI=1S/C33H33FN10O3S2/c1-21-19-28(41-42-30(21)40-32-38-24-10-3-4-11-26(24)48-32)44(17-6-5-16-37-43-35)33-39-29(31(45)46)27(49-33)12-8-18-47-25-14-13-22(20-23(25)34)9-7-15-36-2/h3-4,10-11,13-14,19-20,36H,5-6,8,12,15-18H2,1-2H3,(H,45,46)(H,38,40,42). The second-order valence-electron chi connectivity index (χ2n) is 10.7. The summed E-state index contributed by atoms with van der Waals surface area (Å²) in [7, 11) is 1.78. The zero-order chi connectivity index (χ0) is 34.6. The Morgan fingerprint density at radius 2 is 2.00 bits per heavy atom. The summed E-state index contributed by atoms with van der Waals surface area (Å²) in [6.07, 6.45) is 2.03. The van der Waals surface area contributed by atoms with Gasteiger partial charge in [0.15, 0.2) is 39.2 Å². The lowest BCUT2D eigenvalue weighted by Gasteiger charge is -2.21. The van der Waals surface area contributed by atoms with Gasteiger partial charge in [-0.15, -0.1) is 21.5 Å². The number of rotatable bonds is 16. The SMILES string of the molecule is CNCC#Cc1ccc(OCCCc2sc(N(CCCCN=[N+]=[N-])c3cc(C)c(Nc4nc5ccccc5s4)nn3)nc2C(=O)O)c(F)c1. The van der Waals surface area contributed by atoms with E-state index in [2.05, 4.69) is 52.7 Å². The fourth-order valence-electron chi connectivity index (χ4n) is 4.70. The molecular weight excluding hydrogens is 668 g/mol. The third-order valence-corrected chi connectivity index (χ3v) is 9.17. The van der Waals surface area contributed by atoms with Crippen LogP contribution in [-0.4, -0.2) is 64.5 Å². The molecule has 0 aliphatic heterocycles. The highest BCUT2D eigenvalue weighted by molar-refractivity contribution is 7.22. The molecule has 16 heteroatoms. The molecule has 0 saturated heterocycles. The lowest BCUT2D eigenvalue weighted by molar-refractivity contribution is 0.0690. The Balaban J connectivity index is 1.31. The Morgan fingerprint density at radius 1 is 1.14 bits per heavy atom. The molecule has 3 aromatic heterocycles. The smallest absolute Gasteiger partial charge is 0.355 e. The lowest BCUT2D eigenvalue weighted by Crippen LogP contribution is -2.21. The summed E-state index contributed by atoms with van der Waals surface area (Å²) in [5.74, 6) is 5.23. The number of benzene rings is 2. The van der Waals surface area contributed by atoms with Gasteiger partial charge in [0, 0.05) is 28.4 Å². The zero-order valence-corrected chi connectivity index (χ0v) is 28.4. The first-order valence-electron chi connectivity index (χ1n) is 15.4. The molecule has 0 fully saturated rings. The quantitative estimate of drug-likeness (QED) is 0.0313. The number of hydrogen-bond acceptors (Lipinski definition) is 12. The number of fused-ring (bicyclic) bond motifs is 1. The summed E-state index contributed by atoms with van der Waals surface area (Å²) in [6, 6.07) is 14.3. The Hall–Kier alpha value is -5.33. The summed E-state index contributed by atoms with van der Waals surface area (Å²) in [6.45, 7) is 3.33. The van der Waals surface area contributed by atoms with Gasteiger partial charge in [-0.2, -0.15) is 0 Å². The van der Waals surface area contributed by atoms with Gasteiger partial charge in [-0.05, 0) is 87.1 Å². The largest absolute Gasteiger partial charge is 0.491 e. The Morgan fingerprint density at radius 3 is 2.76 bits per heavy atom. The Bertz CT molecular complexity index is 2000. The highest BCUT2D eigenvalue weighted by Crippen LogP contribution is 2.34. The van der Waals surface area contributed by atoms with Crippen molar-refractivity contribution in [1.82, 2.24) is 25.5 Å². The number of ether oxygens (including phenoxy) is 1. The predicted octanol–water partition coefficient (Wildman–Crippen LogP) is 7.24. The van der Waals surface area contributed by atoms with Gasteiger partial charge in [0.25, 0.3) is 0 Å². The van der Waals surface area contributed by atoms with E-state index >= 15 is 0 Å². The predicted molar refractivity (Wildman–Crippen MR) is 190 cm³/mol. The van der Waals surface area contributed by atoms with Gasteiger partial charge < -0.3 is 25.4 Å². The topological polar surface area (TPSA) is 174 Å². The van der Waals surface area contributed by atoms with Gasteiger partial charge in [-0.3, -0.25) is 0 Å². The summed E-state index contributed by atoms with van der Waals surface area (Å²) < 4.78 is 21.3. The number of unbranched alkanes of at least 4 members (excludes halogenated alkanes) is 1. The maximum absolute atomic E-state index is 14.6. The molecule has 0 amide bonds. The van der Waals surface area contributed by atoms with Gasteiger partial charge in [-0.25, -0.2) is 19.2 Å². The summed E-state index contributed by atoms with van der Waals surface area (Å²) >= 11 is 2.76. The normalized spacial score (nSPS) is 10.7. The highest BCUT2D eigenvalue weighted by Gasteiger charge is 2.23. The van der Waals surface area contributed by atoms with Crippen molar-refractivity contribution in [2.45, 2.75) is 32.6 Å². The first kappa shape index (κ1) is 35.0. The average molecular weight is 701 g/mol. The second-order valence-corrected chi connectivity index (χ2v) is 12.8. The van der Waals surface area contributed by atoms with Crippen LogP contribution in [0.2, 0.25) is 0 Å². The molecule has 0 unspecified atom stereocenters. The van der Waals surface area contributed by atoms with Crippen molar-refractivity contribution in [3.8, 4) is 17.6 Å². The molecule has 13 nitrogen and oxygen atoms in total. The maximum atomic E-state index is 14.6. The first-order chi connectivity index (χ1) is 23.9. The van der Waals surface area contributed by atoms with Crippen LogP contribution in [0.3, 0.4) is 0 Å². The lowest BCUT2D eigenvalue weighted by atomic mass is 10.2. The molecule has 0 spiro atoms. The molecule has 3 heterocycles. The third kappa shape index (κ3) is 9.40. The molecule has 3 N–H and O–H groups in total.